The highest BCUT2D eigenvalue weighted by molar-refractivity contribution is 7.82. The van der Waals surface area contributed by atoms with E-state index in [1.54, 1.807) is 0 Å². The molecule has 0 aromatic heterocycles. The van der Waals surface area contributed by atoms with Gasteiger partial charge in [-0.1, -0.05) is 31.0 Å². The summed E-state index contributed by atoms with van der Waals surface area (Å²) in [5.41, 5.74) is 10.6. The number of hydrogen-bond donors (Lipinski definition) is 2. The third-order valence-electron chi connectivity index (χ3n) is 0.595. The smallest absolute Gasteiger partial charge is 0.106 e. The Morgan fingerprint density at radius 1 is 1.12 bits per heavy atom. The van der Waals surface area contributed by atoms with E-state index in [4.69, 9.17) is 11.5 Å². The molecule has 0 atom stereocenters. The van der Waals surface area contributed by atoms with E-state index < -0.39 is 0 Å². The summed E-state index contributed by atoms with van der Waals surface area (Å²) in [6, 6.07) is 0. The summed E-state index contributed by atoms with van der Waals surface area (Å²) in [5, 5.41) is 0. The Hall–Kier alpha value is -0.480. The normalized spacial score (nSPS) is 8.00. The lowest BCUT2D eigenvalue weighted by atomic mass is 10.3. The average molecular weight is 146 g/mol. The first-order valence-electron chi connectivity index (χ1n) is 1.84. The van der Waals surface area contributed by atoms with Crippen molar-refractivity contribution in [1.29, 1.82) is 0 Å². The Labute approximate surface area is 58.5 Å². The zero-order valence-corrected chi connectivity index (χ0v) is 5.81. The van der Waals surface area contributed by atoms with Gasteiger partial charge in [-0.2, -0.15) is 0 Å². The summed E-state index contributed by atoms with van der Waals surface area (Å²) >= 11 is 9.01. The van der Waals surface area contributed by atoms with Crippen LogP contribution in [0.5, 0.6) is 0 Å². The van der Waals surface area contributed by atoms with Gasteiger partial charge in [0, 0.05) is 5.57 Å². The lowest BCUT2D eigenvalue weighted by Crippen LogP contribution is -2.21. The van der Waals surface area contributed by atoms with Gasteiger partial charge in [0.2, 0.25) is 0 Å². The topological polar surface area (TPSA) is 52.0 Å². The minimum Gasteiger partial charge on any atom is -0.389 e. The Kier molecular flexibility index (Phi) is 2.57. The van der Waals surface area contributed by atoms with Gasteiger partial charge in [0.15, 0.2) is 0 Å². The maximum Gasteiger partial charge on any atom is 0.106 e. The highest BCUT2D eigenvalue weighted by Gasteiger charge is 1.97. The molecule has 4 N–H and O–H groups in total. The standard InChI is InChI=1S/C4H6N2S2/c1-2(3(5)7)4(6)8/h1H2,(H2,5,7)(H2,6,8). The molecule has 0 aliphatic heterocycles. The third-order valence-corrected chi connectivity index (χ3v) is 1.09. The molecule has 2 nitrogen and oxygen atoms in total. The molecule has 0 bridgehead atoms. The Bertz CT molecular complexity index is 134. The fourth-order valence-electron chi connectivity index (χ4n) is 0.121. The van der Waals surface area contributed by atoms with Gasteiger partial charge in [-0.3, -0.25) is 0 Å². The molecule has 0 aliphatic rings. The predicted molar refractivity (Wildman–Crippen MR) is 42.7 cm³/mol. The molecular weight excluding hydrogens is 140 g/mol. The van der Waals surface area contributed by atoms with Crippen LogP contribution in [0.3, 0.4) is 0 Å². The molecule has 0 unspecified atom stereocenters. The van der Waals surface area contributed by atoms with Crippen LogP contribution in [0.4, 0.5) is 0 Å². The lowest BCUT2D eigenvalue weighted by molar-refractivity contribution is 1.73. The van der Waals surface area contributed by atoms with Gasteiger partial charge in [-0.05, 0) is 0 Å². The minimum atomic E-state index is 0.164. The molecule has 0 aromatic rings. The second-order valence-corrected chi connectivity index (χ2v) is 2.09. The van der Waals surface area contributed by atoms with E-state index in [0.29, 0.717) is 5.57 Å². The molecule has 0 saturated heterocycles. The van der Waals surface area contributed by atoms with Crippen molar-refractivity contribution in [2.24, 2.45) is 11.5 Å². The first-order valence-corrected chi connectivity index (χ1v) is 2.66. The Morgan fingerprint density at radius 2 is 1.38 bits per heavy atom. The van der Waals surface area contributed by atoms with Crippen LogP contribution >= 0.6 is 24.4 Å². The van der Waals surface area contributed by atoms with Crippen molar-refractivity contribution < 1.29 is 0 Å². The van der Waals surface area contributed by atoms with E-state index in [1.807, 2.05) is 0 Å². The monoisotopic (exact) mass is 146 g/mol. The fraction of sp³-hybridized carbons (Fsp3) is 0. The summed E-state index contributed by atoms with van der Waals surface area (Å²) in [6.07, 6.45) is 0. The van der Waals surface area contributed by atoms with Gasteiger partial charge >= 0.3 is 0 Å². The highest BCUT2D eigenvalue weighted by Crippen LogP contribution is 1.88. The summed E-state index contributed by atoms with van der Waals surface area (Å²) < 4.78 is 0. The second-order valence-electron chi connectivity index (χ2n) is 1.21. The third kappa shape index (κ3) is 1.99. The summed E-state index contributed by atoms with van der Waals surface area (Å²) in [4.78, 5) is 0.329. The number of rotatable bonds is 2. The second kappa shape index (κ2) is 2.74. The van der Waals surface area contributed by atoms with Gasteiger partial charge in [0.25, 0.3) is 0 Å². The molecule has 8 heavy (non-hydrogen) atoms. The maximum atomic E-state index is 5.10. The van der Waals surface area contributed by atoms with Gasteiger partial charge in [0.1, 0.15) is 9.98 Å². The van der Waals surface area contributed by atoms with Crippen LogP contribution in [0.25, 0.3) is 0 Å². The molecule has 0 heterocycles. The molecule has 0 saturated carbocycles. The molecule has 0 fully saturated rings. The van der Waals surface area contributed by atoms with Crippen molar-refractivity contribution in [2.45, 2.75) is 0 Å². The quantitative estimate of drug-likeness (QED) is 0.429. The van der Waals surface area contributed by atoms with Gasteiger partial charge < -0.3 is 11.5 Å². The summed E-state index contributed by atoms with van der Waals surface area (Å²) in [6.45, 7) is 3.42. The average Bonchev–Trinajstić information content (AvgIpc) is 1.64. The molecule has 0 amide bonds. The Morgan fingerprint density at radius 3 is 1.38 bits per heavy atom. The van der Waals surface area contributed by atoms with Gasteiger partial charge in [0.05, 0.1) is 0 Å². The van der Waals surface area contributed by atoms with Crippen LogP contribution < -0.4 is 11.5 Å². The van der Waals surface area contributed by atoms with Crippen molar-refractivity contribution in [1.82, 2.24) is 0 Å². The number of hydrogen-bond acceptors (Lipinski definition) is 2. The Balaban J connectivity index is 4.05. The van der Waals surface area contributed by atoms with Crippen molar-refractivity contribution >= 4 is 34.4 Å². The van der Waals surface area contributed by atoms with Crippen molar-refractivity contribution in [2.75, 3.05) is 0 Å². The van der Waals surface area contributed by atoms with Crippen LogP contribution in [-0.4, -0.2) is 9.98 Å². The zero-order valence-electron chi connectivity index (χ0n) is 4.18. The van der Waals surface area contributed by atoms with Crippen molar-refractivity contribution in [3.63, 3.8) is 0 Å². The highest BCUT2D eigenvalue weighted by atomic mass is 32.1. The van der Waals surface area contributed by atoms with E-state index in [9.17, 15) is 0 Å². The molecule has 44 valence electrons. The van der Waals surface area contributed by atoms with Crippen LogP contribution in [0.2, 0.25) is 0 Å². The van der Waals surface area contributed by atoms with E-state index in [1.165, 1.54) is 0 Å². The van der Waals surface area contributed by atoms with E-state index >= 15 is 0 Å². The molecule has 4 heteroatoms. The molecule has 0 aromatic carbocycles. The SMILES string of the molecule is C=C(C(N)=S)C(N)=S. The van der Waals surface area contributed by atoms with Crippen LogP contribution in [0.15, 0.2) is 12.2 Å². The minimum absolute atomic E-state index is 0.164. The zero-order chi connectivity index (χ0) is 6.73. The van der Waals surface area contributed by atoms with Crippen molar-refractivity contribution in [3.05, 3.63) is 12.2 Å². The molecule has 0 rings (SSSR count). The van der Waals surface area contributed by atoms with Crippen LogP contribution in [0, 0.1) is 0 Å². The first kappa shape index (κ1) is 7.52. The lowest BCUT2D eigenvalue weighted by Gasteiger charge is -1.95. The first-order chi connectivity index (χ1) is 3.55. The molecule has 0 spiro atoms. The molecular formula is C4H6N2S2. The fourth-order valence-corrected chi connectivity index (χ4v) is 0.406. The summed E-state index contributed by atoms with van der Waals surface area (Å²) in [7, 11) is 0. The van der Waals surface area contributed by atoms with Crippen molar-refractivity contribution in [3.8, 4) is 0 Å². The predicted octanol–water partition coefficient (Wildman–Crippen LogP) is 0.115. The van der Waals surface area contributed by atoms with E-state index in [0.717, 1.165) is 0 Å². The van der Waals surface area contributed by atoms with Gasteiger partial charge in [-0.15, -0.1) is 0 Å². The van der Waals surface area contributed by atoms with E-state index in [2.05, 4.69) is 31.0 Å². The molecule has 0 radical (unpaired) electrons. The van der Waals surface area contributed by atoms with Gasteiger partial charge in [-0.25, -0.2) is 0 Å². The van der Waals surface area contributed by atoms with Crippen LogP contribution in [0.1, 0.15) is 0 Å². The largest absolute Gasteiger partial charge is 0.389 e. The summed E-state index contributed by atoms with van der Waals surface area (Å²) in [5.74, 6) is 0. The van der Waals surface area contributed by atoms with E-state index in [-0.39, 0.29) is 9.98 Å². The van der Waals surface area contributed by atoms with Crippen LogP contribution in [-0.2, 0) is 0 Å². The number of nitrogens with two attached hydrogens (primary N) is 2. The maximum absolute atomic E-state index is 5.10. The molecule has 0 aliphatic carbocycles. The number of thiocarbonyl (C=S) groups is 2.